The predicted octanol–water partition coefficient (Wildman–Crippen LogP) is 4.05. The number of carbonyl (C=O) groups is 1. The van der Waals surface area contributed by atoms with Crippen LogP contribution in [0.4, 0.5) is 0 Å². The van der Waals surface area contributed by atoms with Gasteiger partial charge in [-0.25, -0.2) is 0 Å². The molecule has 3 aromatic rings. The predicted molar refractivity (Wildman–Crippen MR) is 98.3 cm³/mol. The van der Waals surface area contributed by atoms with Crippen LogP contribution in [0.25, 0.3) is 11.4 Å². The summed E-state index contributed by atoms with van der Waals surface area (Å²) in [5.74, 6) is 0.829. The van der Waals surface area contributed by atoms with Crippen molar-refractivity contribution >= 4 is 29.1 Å². The van der Waals surface area contributed by atoms with E-state index in [1.165, 1.54) is 0 Å². The van der Waals surface area contributed by atoms with Gasteiger partial charge >= 0.3 is 0 Å². The second-order valence-electron chi connectivity index (χ2n) is 5.47. The number of amides is 1. The first-order valence-electron chi connectivity index (χ1n) is 7.76. The zero-order chi connectivity index (χ0) is 18.5. The van der Waals surface area contributed by atoms with Crippen LogP contribution in [0.3, 0.4) is 0 Å². The number of carbonyl (C=O) groups excluding carboxylic acids is 1. The molecule has 1 amide bonds. The van der Waals surface area contributed by atoms with Gasteiger partial charge in [0.2, 0.25) is 11.7 Å². The van der Waals surface area contributed by atoms with Crippen LogP contribution in [-0.4, -0.2) is 22.7 Å². The lowest BCUT2D eigenvalue weighted by molar-refractivity contribution is -0.123. The summed E-state index contributed by atoms with van der Waals surface area (Å²) in [6, 6.07) is 12.5. The minimum Gasteiger partial charge on any atom is -0.482 e. The molecule has 0 saturated carbocycles. The van der Waals surface area contributed by atoms with Gasteiger partial charge in [0.1, 0.15) is 5.75 Å². The van der Waals surface area contributed by atoms with Crippen molar-refractivity contribution in [3.05, 3.63) is 64.0 Å². The van der Waals surface area contributed by atoms with Crippen molar-refractivity contribution in [1.29, 1.82) is 0 Å². The van der Waals surface area contributed by atoms with Crippen LogP contribution in [0.2, 0.25) is 10.0 Å². The van der Waals surface area contributed by atoms with Gasteiger partial charge in [0, 0.05) is 10.6 Å². The highest BCUT2D eigenvalue weighted by atomic mass is 35.5. The fraction of sp³-hybridized carbons (Fsp3) is 0.167. The Balaban J connectivity index is 1.53. The highest BCUT2D eigenvalue weighted by Crippen LogP contribution is 2.27. The van der Waals surface area contributed by atoms with Gasteiger partial charge < -0.3 is 14.6 Å². The molecule has 0 unspecified atom stereocenters. The molecule has 3 rings (SSSR count). The van der Waals surface area contributed by atoms with Crippen LogP contribution in [-0.2, 0) is 11.3 Å². The second kappa shape index (κ2) is 8.21. The third kappa shape index (κ3) is 4.53. The maximum Gasteiger partial charge on any atom is 0.258 e. The van der Waals surface area contributed by atoms with Gasteiger partial charge in [-0.15, -0.1) is 0 Å². The van der Waals surface area contributed by atoms with Gasteiger partial charge in [-0.3, -0.25) is 4.79 Å². The SMILES string of the molecule is Cc1ccccc1-c1noc(CNC(=O)COc2ccc(Cl)cc2Cl)n1. The zero-order valence-electron chi connectivity index (χ0n) is 13.8. The zero-order valence-corrected chi connectivity index (χ0v) is 15.3. The number of rotatable bonds is 6. The number of nitrogens with zero attached hydrogens (tertiary/aromatic N) is 2. The van der Waals surface area contributed by atoms with Crippen molar-refractivity contribution in [1.82, 2.24) is 15.5 Å². The molecule has 1 N–H and O–H groups in total. The van der Waals surface area contributed by atoms with Gasteiger partial charge in [0.25, 0.3) is 5.91 Å². The summed E-state index contributed by atoms with van der Waals surface area (Å²) in [5, 5.41) is 7.42. The third-order valence-corrected chi connectivity index (χ3v) is 4.07. The van der Waals surface area contributed by atoms with Crippen molar-refractivity contribution < 1.29 is 14.1 Å². The highest BCUT2D eigenvalue weighted by Gasteiger charge is 2.12. The van der Waals surface area contributed by atoms with E-state index in [1.54, 1.807) is 18.2 Å². The first-order valence-corrected chi connectivity index (χ1v) is 8.51. The number of hydrogen-bond acceptors (Lipinski definition) is 5. The normalized spacial score (nSPS) is 10.6. The van der Waals surface area contributed by atoms with Gasteiger partial charge in [-0.05, 0) is 30.7 Å². The minimum atomic E-state index is -0.341. The number of halogens is 2. The van der Waals surface area contributed by atoms with Crippen molar-refractivity contribution in [2.24, 2.45) is 0 Å². The Labute approximate surface area is 160 Å². The molecule has 8 heteroatoms. The Bertz CT molecular complexity index is 928. The molecule has 0 aliphatic rings. The first-order chi connectivity index (χ1) is 12.5. The van der Waals surface area contributed by atoms with E-state index in [9.17, 15) is 4.79 Å². The molecule has 0 bridgehead atoms. The summed E-state index contributed by atoms with van der Waals surface area (Å²) < 4.78 is 10.5. The molecular weight excluding hydrogens is 377 g/mol. The number of ether oxygens (including phenoxy) is 1. The Morgan fingerprint density at radius 1 is 1.23 bits per heavy atom. The molecule has 0 spiro atoms. The van der Waals surface area contributed by atoms with Crippen LogP contribution in [0, 0.1) is 6.92 Å². The summed E-state index contributed by atoms with van der Waals surface area (Å²) >= 11 is 11.8. The summed E-state index contributed by atoms with van der Waals surface area (Å²) in [4.78, 5) is 16.2. The van der Waals surface area contributed by atoms with Crippen LogP contribution in [0.1, 0.15) is 11.5 Å². The molecule has 2 aromatic carbocycles. The molecule has 0 fully saturated rings. The van der Waals surface area contributed by atoms with Crippen molar-refractivity contribution in [2.45, 2.75) is 13.5 Å². The van der Waals surface area contributed by atoms with E-state index in [0.717, 1.165) is 11.1 Å². The van der Waals surface area contributed by atoms with Gasteiger partial charge in [0.05, 0.1) is 11.6 Å². The summed E-state index contributed by atoms with van der Waals surface area (Å²) in [5.41, 5.74) is 1.92. The Morgan fingerprint density at radius 3 is 2.81 bits per heavy atom. The monoisotopic (exact) mass is 391 g/mol. The average Bonchev–Trinajstić information content (AvgIpc) is 3.08. The van der Waals surface area contributed by atoms with Crippen molar-refractivity contribution in [3.8, 4) is 17.1 Å². The van der Waals surface area contributed by atoms with Crippen LogP contribution in [0.15, 0.2) is 47.0 Å². The largest absolute Gasteiger partial charge is 0.482 e. The number of aryl methyl sites for hydroxylation is 1. The second-order valence-corrected chi connectivity index (χ2v) is 6.31. The van der Waals surface area contributed by atoms with Gasteiger partial charge in [-0.1, -0.05) is 52.6 Å². The van der Waals surface area contributed by atoms with Gasteiger partial charge in [-0.2, -0.15) is 4.98 Å². The molecule has 0 aliphatic carbocycles. The molecule has 0 atom stereocenters. The number of aromatic nitrogens is 2. The molecule has 0 saturated heterocycles. The minimum absolute atomic E-state index is 0.107. The van der Waals surface area contributed by atoms with Crippen LogP contribution < -0.4 is 10.1 Å². The number of nitrogens with one attached hydrogen (secondary N) is 1. The van der Waals surface area contributed by atoms with Crippen LogP contribution >= 0.6 is 23.2 Å². The smallest absolute Gasteiger partial charge is 0.258 e. The molecule has 1 aromatic heterocycles. The fourth-order valence-electron chi connectivity index (χ4n) is 2.22. The van der Waals surface area contributed by atoms with E-state index in [2.05, 4.69) is 15.5 Å². The number of benzene rings is 2. The molecule has 0 radical (unpaired) electrons. The van der Waals surface area contributed by atoms with E-state index in [1.807, 2.05) is 31.2 Å². The Kier molecular flexibility index (Phi) is 5.75. The summed E-state index contributed by atoms with van der Waals surface area (Å²) in [7, 11) is 0. The Hall–Kier alpha value is -2.57. The maximum absolute atomic E-state index is 11.9. The quantitative estimate of drug-likeness (QED) is 0.685. The van der Waals surface area contributed by atoms with Crippen LogP contribution in [0.5, 0.6) is 5.75 Å². The van der Waals surface area contributed by atoms with E-state index in [-0.39, 0.29) is 19.1 Å². The summed E-state index contributed by atoms with van der Waals surface area (Å²) in [6.45, 7) is 1.88. The fourth-order valence-corrected chi connectivity index (χ4v) is 2.68. The van der Waals surface area contributed by atoms with Crippen molar-refractivity contribution in [3.63, 3.8) is 0 Å². The van der Waals surface area contributed by atoms with E-state index >= 15 is 0 Å². The van der Waals surface area contributed by atoms with Crippen molar-refractivity contribution in [2.75, 3.05) is 6.61 Å². The average molecular weight is 392 g/mol. The lowest BCUT2D eigenvalue weighted by Gasteiger charge is -2.07. The maximum atomic E-state index is 11.9. The Morgan fingerprint density at radius 2 is 2.04 bits per heavy atom. The molecule has 134 valence electrons. The topological polar surface area (TPSA) is 77.2 Å². The first kappa shape index (κ1) is 18.2. The standard InChI is InChI=1S/C18H15Cl2N3O3/c1-11-4-2-3-5-13(11)18-22-17(26-23-18)9-21-16(24)10-25-15-7-6-12(19)8-14(15)20/h2-8H,9-10H2,1H3,(H,21,24). The van der Waals surface area contributed by atoms with Gasteiger partial charge in [0.15, 0.2) is 6.61 Å². The molecular formula is C18H15Cl2N3O3. The van der Waals surface area contributed by atoms with E-state index < -0.39 is 0 Å². The van der Waals surface area contributed by atoms with E-state index in [0.29, 0.717) is 27.5 Å². The molecule has 6 nitrogen and oxygen atoms in total. The molecule has 26 heavy (non-hydrogen) atoms. The molecule has 1 heterocycles. The lowest BCUT2D eigenvalue weighted by atomic mass is 10.1. The highest BCUT2D eigenvalue weighted by molar-refractivity contribution is 6.35. The summed E-state index contributed by atoms with van der Waals surface area (Å²) in [6.07, 6.45) is 0. The molecule has 0 aliphatic heterocycles. The lowest BCUT2D eigenvalue weighted by Crippen LogP contribution is -2.28. The van der Waals surface area contributed by atoms with E-state index in [4.69, 9.17) is 32.5 Å². The number of hydrogen-bond donors (Lipinski definition) is 1. The third-order valence-electron chi connectivity index (χ3n) is 3.54.